The minimum atomic E-state index is -3.10. The van der Waals surface area contributed by atoms with E-state index < -0.39 is 9.84 Å². The Hall–Kier alpha value is -1.56. The molecule has 1 atom stereocenters. The molecule has 1 unspecified atom stereocenters. The molecule has 1 heterocycles. The molecular weight excluding hydrogens is 381 g/mol. The third kappa shape index (κ3) is 4.54. The van der Waals surface area contributed by atoms with Crippen molar-refractivity contribution in [3.05, 3.63) is 69.7 Å². The summed E-state index contributed by atoms with van der Waals surface area (Å²) in [4.78, 5) is 14.6. The van der Waals surface area contributed by atoms with Crippen LogP contribution >= 0.6 is 23.2 Å². The molecule has 25 heavy (non-hydrogen) atoms. The molecule has 7 heteroatoms. The molecule has 0 bridgehead atoms. The maximum atomic E-state index is 13.0. The molecule has 0 saturated carbocycles. The summed E-state index contributed by atoms with van der Waals surface area (Å²) in [6.45, 7) is 0.322. The minimum Gasteiger partial charge on any atom is -0.330 e. The first-order chi connectivity index (χ1) is 11.8. The number of benzene rings is 2. The van der Waals surface area contributed by atoms with Crippen LogP contribution in [0.5, 0.6) is 0 Å². The maximum Gasteiger partial charge on any atom is 0.254 e. The molecule has 0 aliphatic carbocycles. The molecule has 0 aromatic heterocycles. The summed E-state index contributed by atoms with van der Waals surface area (Å²) >= 11 is 11.9. The Balaban J connectivity index is 1.91. The van der Waals surface area contributed by atoms with Crippen LogP contribution in [0.3, 0.4) is 0 Å². The molecule has 2 aromatic carbocycles. The average Bonchev–Trinajstić information content (AvgIpc) is 2.93. The van der Waals surface area contributed by atoms with Crippen molar-refractivity contribution in [1.29, 1.82) is 0 Å². The highest BCUT2D eigenvalue weighted by atomic mass is 35.5. The Bertz CT molecular complexity index is 881. The van der Waals surface area contributed by atoms with Crippen molar-refractivity contribution in [2.75, 3.05) is 11.5 Å². The molecule has 1 saturated heterocycles. The van der Waals surface area contributed by atoms with Gasteiger partial charge in [0.25, 0.3) is 5.91 Å². The third-order valence-corrected chi connectivity index (χ3v) is 6.49. The van der Waals surface area contributed by atoms with Gasteiger partial charge in [-0.1, -0.05) is 41.4 Å². The van der Waals surface area contributed by atoms with Crippen molar-refractivity contribution in [2.45, 2.75) is 19.0 Å². The van der Waals surface area contributed by atoms with Gasteiger partial charge in [-0.05, 0) is 42.3 Å². The van der Waals surface area contributed by atoms with E-state index in [1.54, 1.807) is 41.3 Å². The summed E-state index contributed by atoms with van der Waals surface area (Å²) in [5, 5.41) is 1.08. The van der Waals surface area contributed by atoms with Gasteiger partial charge in [0, 0.05) is 28.2 Å². The van der Waals surface area contributed by atoms with Crippen molar-refractivity contribution in [2.24, 2.45) is 0 Å². The maximum absolute atomic E-state index is 13.0. The number of sulfone groups is 1. The molecular formula is C18H17Cl2NO3S. The summed E-state index contributed by atoms with van der Waals surface area (Å²) in [6.07, 6.45) is 0.447. The van der Waals surface area contributed by atoms with Crippen LogP contribution in [0.2, 0.25) is 10.0 Å². The molecule has 1 aliphatic heterocycles. The largest absolute Gasteiger partial charge is 0.330 e. The first-order valence-corrected chi connectivity index (χ1v) is 10.4. The van der Waals surface area contributed by atoms with E-state index >= 15 is 0 Å². The van der Waals surface area contributed by atoms with Crippen molar-refractivity contribution in [3.63, 3.8) is 0 Å². The van der Waals surface area contributed by atoms with Gasteiger partial charge in [-0.2, -0.15) is 0 Å². The molecule has 0 radical (unpaired) electrons. The van der Waals surface area contributed by atoms with Crippen molar-refractivity contribution < 1.29 is 13.2 Å². The smallest absolute Gasteiger partial charge is 0.254 e. The summed E-state index contributed by atoms with van der Waals surface area (Å²) in [5.41, 5.74) is 1.34. The van der Waals surface area contributed by atoms with Gasteiger partial charge >= 0.3 is 0 Å². The number of hydrogen-bond donors (Lipinski definition) is 0. The Morgan fingerprint density at radius 2 is 1.80 bits per heavy atom. The van der Waals surface area contributed by atoms with Gasteiger partial charge < -0.3 is 4.90 Å². The van der Waals surface area contributed by atoms with Crippen LogP contribution in [0.15, 0.2) is 48.5 Å². The second kappa shape index (κ2) is 7.36. The highest BCUT2D eigenvalue weighted by molar-refractivity contribution is 7.91. The molecule has 0 spiro atoms. The zero-order valence-electron chi connectivity index (χ0n) is 13.4. The van der Waals surface area contributed by atoms with Crippen LogP contribution in [0.4, 0.5) is 0 Å². The van der Waals surface area contributed by atoms with E-state index in [0.717, 1.165) is 5.56 Å². The molecule has 132 valence electrons. The van der Waals surface area contributed by atoms with Gasteiger partial charge in [0.1, 0.15) is 0 Å². The van der Waals surface area contributed by atoms with Crippen molar-refractivity contribution >= 4 is 38.9 Å². The van der Waals surface area contributed by atoms with E-state index in [9.17, 15) is 13.2 Å². The van der Waals surface area contributed by atoms with Gasteiger partial charge in [0.05, 0.1) is 11.5 Å². The lowest BCUT2D eigenvalue weighted by atomic mass is 10.1. The van der Waals surface area contributed by atoms with Gasteiger partial charge in [-0.3, -0.25) is 4.79 Å². The second-order valence-corrected chi connectivity index (χ2v) is 9.23. The lowest BCUT2D eigenvalue weighted by Gasteiger charge is -2.28. The predicted molar refractivity (Wildman–Crippen MR) is 99.8 cm³/mol. The normalized spacial score (nSPS) is 18.9. The Morgan fingerprint density at radius 3 is 2.40 bits per heavy atom. The topological polar surface area (TPSA) is 54.5 Å². The Morgan fingerprint density at radius 1 is 1.08 bits per heavy atom. The van der Waals surface area contributed by atoms with Gasteiger partial charge in [0.2, 0.25) is 0 Å². The lowest BCUT2D eigenvalue weighted by Crippen LogP contribution is -2.40. The highest BCUT2D eigenvalue weighted by Crippen LogP contribution is 2.24. The zero-order chi connectivity index (χ0) is 18.0. The van der Waals surface area contributed by atoms with Crippen molar-refractivity contribution in [1.82, 2.24) is 4.90 Å². The molecule has 3 rings (SSSR count). The van der Waals surface area contributed by atoms with Crippen LogP contribution in [0, 0.1) is 0 Å². The number of hydrogen-bond acceptors (Lipinski definition) is 3. The minimum absolute atomic E-state index is 0.00705. The van der Waals surface area contributed by atoms with E-state index in [4.69, 9.17) is 23.2 Å². The highest BCUT2D eigenvalue weighted by Gasteiger charge is 2.35. The van der Waals surface area contributed by atoms with E-state index in [2.05, 4.69) is 0 Å². The van der Waals surface area contributed by atoms with Crippen LogP contribution in [0.1, 0.15) is 22.3 Å². The zero-order valence-corrected chi connectivity index (χ0v) is 15.7. The summed E-state index contributed by atoms with van der Waals surface area (Å²) in [7, 11) is -3.10. The molecule has 1 fully saturated rings. The van der Waals surface area contributed by atoms with Crippen LogP contribution in [-0.2, 0) is 16.4 Å². The molecule has 4 nitrogen and oxygen atoms in total. The quantitative estimate of drug-likeness (QED) is 0.787. The number of nitrogens with zero attached hydrogens (tertiary/aromatic N) is 1. The van der Waals surface area contributed by atoms with E-state index in [-0.39, 0.29) is 23.5 Å². The van der Waals surface area contributed by atoms with Crippen molar-refractivity contribution in [3.8, 4) is 0 Å². The van der Waals surface area contributed by atoms with Gasteiger partial charge in [-0.15, -0.1) is 0 Å². The first-order valence-electron chi connectivity index (χ1n) is 7.85. The number of rotatable bonds is 4. The van der Waals surface area contributed by atoms with E-state index in [1.807, 2.05) is 12.1 Å². The fraction of sp³-hybridized carbons (Fsp3) is 0.278. The number of carbonyl (C=O) groups excluding carboxylic acids is 1. The molecule has 0 N–H and O–H groups in total. The third-order valence-electron chi connectivity index (χ3n) is 4.25. The summed E-state index contributed by atoms with van der Waals surface area (Å²) in [5.74, 6) is -0.121. The molecule has 2 aromatic rings. The summed E-state index contributed by atoms with van der Waals surface area (Å²) in [6, 6.07) is 13.5. The standard InChI is InChI=1S/C18H17Cl2NO3S/c19-15-6-4-13(5-7-15)11-21(17-8-9-25(23,24)12-17)18(22)14-2-1-3-16(20)10-14/h1-7,10,17H,8-9,11-12H2. The molecule has 1 aliphatic rings. The van der Waals surface area contributed by atoms with E-state index in [0.29, 0.717) is 28.6 Å². The number of halogens is 2. The van der Waals surface area contributed by atoms with Crippen LogP contribution in [0.25, 0.3) is 0 Å². The van der Waals surface area contributed by atoms with Crippen LogP contribution in [-0.4, -0.2) is 36.8 Å². The average molecular weight is 398 g/mol. The van der Waals surface area contributed by atoms with Crippen LogP contribution < -0.4 is 0 Å². The fourth-order valence-corrected chi connectivity index (χ4v) is 5.01. The number of amides is 1. The Labute approximate surface area is 157 Å². The van der Waals surface area contributed by atoms with E-state index in [1.165, 1.54) is 0 Å². The van der Waals surface area contributed by atoms with Gasteiger partial charge in [-0.25, -0.2) is 8.42 Å². The lowest BCUT2D eigenvalue weighted by molar-refractivity contribution is 0.0681. The SMILES string of the molecule is O=C(c1cccc(Cl)c1)N(Cc1ccc(Cl)cc1)C1CCS(=O)(=O)C1. The fourth-order valence-electron chi connectivity index (χ4n) is 2.96. The monoisotopic (exact) mass is 397 g/mol. The predicted octanol–water partition coefficient (Wildman–Crippen LogP) is 3.82. The molecule has 1 amide bonds. The first kappa shape index (κ1) is 18.2. The van der Waals surface area contributed by atoms with Gasteiger partial charge in [0.15, 0.2) is 9.84 Å². The second-order valence-electron chi connectivity index (χ2n) is 6.13. The number of carbonyl (C=O) groups is 1. The summed E-state index contributed by atoms with van der Waals surface area (Å²) < 4.78 is 23.8. The Kier molecular flexibility index (Phi) is 5.37.